The van der Waals surface area contributed by atoms with Gasteiger partial charge in [-0.05, 0) is 53.8 Å². The first-order valence-corrected chi connectivity index (χ1v) is 7.22. The molecule has 2 aromatic carbocycles. The first kappa shape index (κ1) is 15.4. The molecule has 0 atom stereocenters. The first-order chi connectivity index (χ1) is 9.97. The molecule has 5 nitrogen and oxygen atoms in total. The monoisotopic (exact) mass is 397 g/mol. The van der Waals surface area contributed by atoms with E-state index in [4.69, 9.17) is 4.74 Å². The maximum atomic E-state index is 12.0. The van der Waals surface area contributed by atoms with Gasteiger partial charge < -0.3 is 4.74 Å². The van der Waals surface area contributed by atoms with Gasteiger partial charge in [-0.15, -0.1) is 0 Å². The quantitative estimate of drug-likeness (QED) is 0.333. The molecule has 0 bridgehead atoms. The van der Waals surface area contributed by atoms with Crippen LogP contribution in [0.5, 0.6) is 5.75 Å². The molecule has 0 radical (unpaired) electrons. The van der Waals surface area contributed by atoms with E-state index in [0.29, 0.717) is 11.3 Å². The van der Waals surface area contributed by atoms with Crippen LogP contribution < -0.4 is 4.74 Å². The number of hydrogen-bond donors (Lipinski definition) is 0. The number of benzene rings is 2. The van der Waals surface area contributed by atoms with Gasteiger partial charge in [-0.2, -0.15) is 0 Å². The third-order valence-corrected chi connectivity index (χ3v) is 3.63. The second-order valence-electron chi connectivity index (χ2n) is 4.42. The number of ether oxygens (including phenoxy) is 1. The first-order valence-electron chi connectivity index (χ1n) is 6.14. The normalized spacial score (nSPS) is 10.2. The standard InChI is InChI=1S/C15H12INO4/c1-10-2-3-11(8-14(10)17(19)20)15(18)9-21-13-6-4-12(16)5-7-13/h2-8H,9H2,1H3. The van der Waals surface area contributed by atoms with Crippen LogP contribution >= 0.6 is 22.6 Å². The Bertz CT molecular complexity index is 683. The molecule has 2 aromatic rings. The molecule has 0 N–H and O–H groups in total. The lowest BCUT2D eigenvalue weighted by Gasteiger charge is -2.06. The second-order valence-corrected chi connectivity index (χ2v) is 5.67. The molecule has 0 aliphatic rings. The highest BCUT2D eigenvalue weighted by Gasteiger charge is 2.15. The summed E-state index contributed by atoms with van der Waals surface area (Å²) in [5.41, 5.74) is 0.739. The molecule has 0 aliphatic heterocycles. The fourth-order valence-electron chi connectivity index (χ4n) is 1.74. The number of Topliss-reactive ketones (excluding diaryl/α,β-unsaturated/α-hetero) is 1. The van der Waals surface area contributed by atoms with Gasteiger partial charge in [0.25, 0.3) is 5.69 Å². The van der Waals surface area contributed by atoms with Crippen molar-refractivity contribution in [1.29, 1.82) is 0 Å². The summed E-state index contributed by atoms with van der Waals surface area (Å²) in [7, 11) is 0. The van der Waals surface area contributed by atoms with Gasteiger partial charge in [0.15, 0.2) is 12.4 Å². The van der Waals surface area contributed by atoms with Crippen LogP contribution in [0.3, 0.4) is 0 Å². The summed E-state index contributed by atoms with van der Waals surface area (Å²) in [6, 6.07) is 11.7. The molecule has 0 amide bonds. The lowest BCUT2D eigenvalue weighted by atomic mass is 10.1. The van der Waals surface area contributed by atoms with Gasteiger partial charge in [0.1, 0.15) is 5.75 Å². The maximum Gasteiger partial charge on any atom is 0.273 e. The van der Waals surface area contributed by atoms with Crippen LogP contribution in [0.4, 0.5) is 5.69 Å². The Hall–Kier alpha value is -1.96. The second kappa shape index (κ2) is 6.66. The third-order valence-electron chi connectivity index (χ3n) is 2.91. The number of nitrogens with zero attached hydrogens (tertiary/aromatic N) is 1. The summed E-state index contributed by atoms with van der Waals surface area (Å²) >= 11 is 2.17. The molecule has 0 heterocycles. The van der Waals surface area contributed by atoms with Gasteiger partial charge in [-0.3, -0.25) is 14.9 Å². The minimum atomic E-state index is -0.494. The predicted molar refractivity (Wildman–Crippen MR) is 86.8 cm³/mol. The summed E-state index contributed by atoms with van der Waals surface area (Å²) < 4.78 is 6.45. The van der Waals surface area contributed by atoms with E-state index in [0.717, 1.165) is 3.57 Å². The van der Waals surface area contributed by atoms with Crippen molar-refractivity contribution in [3.63, 3.8) is 0 Å². The van der Waals surface area contributed by atoms with Gasteiger partial charge in [-0.25, -0.2) is 0 Å². The molecule has 0 spiro atoms. The Morgan fingerprint density at radius 2 is 1.90 bits per heavy atom. The zero-order valence-corrected chi connectivity index (χ0v) is 13.4. The Morgan fingerprint density at radius 1 is 1.24 bits per heavy atom. The van der Waals surface area contributed by atoms with Crippen molar-refractivity contribution in [2.24, 2.45) is 0 Å². The highest BCUT2D eigenvalue weighted by Crippen LogP contribution is 2.20. The van der Waals surface area contributed by atoms with Gasteiger partial charge in [0.05, 0.1) is 4.92 Å². The van der Waals surface area contributed by atoms with Crippen molar-refractivity contribution in [3.05, 3.63) is 67.3 Å². The van der Waals surface area contributed by atoms with Crippen LogP contribution in [0, 0.1) is 20.6 Å². The number of aryl methyl sites for hydroxylation is 1. The largest absolute Gasteiger partial charge is 0.485 e. The molecule has 0 aromatic heterocycles. The van der Waals surface area contributed by atoms with E-state index in [-0.39, 0.29) is 23.6 Å². The van der Waals surface area contributed by atoms with Crippen molar-refractivity contribution in [3.8, 4) is 5.75 Å². The highest BCUT2D eigenvalue weighted by molar-refractivity contribution is 14.1. The minimum absolute atomic E-state index is 0.0601. The van der Waals surface area contributed by atoms with Crippen LogP contribution in [-0.2, 0) is 0 Å². The van der Waals surface area contributed by atoms with E-state index in [1.807, 2.05) is 12.1 Å². The van der Waals surface area contributed by atoms with Crippen LogP contribution in [-0.4, -0.2) is 17.3 Å². The molecule has 0 saturated carbocycles. The van der Waals surface area contributed by atoms with Crippen LogP contribution in [0.2, 0.25) is 0 Å². The van der Waals surface area contributed by atoms with Crippen LogP contribution in [0.15, 0.2) is 42.5 Å². The Balaban J connectivity index is 2.08. The molecule has 21 heavy (non-hydrogen) atoms. The molecule has 2 rings (SSSR count). The van der Waals surface area contributed by atoms with E-state index in [1.165, 1.54) is 6.07 Å². The molecule has 0 saturated heterocycles. The summed E-state index contributed by atoms with van der Waals surface area (Å²) in [6.45, 7) is 1.48. The number of carbonyl (C=O) groups excluding carboxylic acids is 1. The van der Waals surface area contributed by atoms with E-state index in [1.54, 1.807) is 31.2 Å². The van der Waals surface area contributed by atoms with Crippen LogP contribution in [0.1, 0.15) is 15.9 Å². The third kappa shape index (κ3) is 4.01. The lowest BCUT2D eigenvalue weighted by Crippen LogP contribution is -2.12. The van der Waals surface area contributed by atoms with Gasteiger partial charge >= 0.3 is 0 Å². The van der Waals surface area contributed by atoms with Crippen molar-refractivity contribution in [2.45, 2.75) is 6.92 Å². The number of rotatable bonds is 5. The fourth-order valence-corrected chi connectivity index (χ4v) is 2.10. The number of nitro benzene ring substituents is 1. The zero-order chi connectivity index (χ0) is 15.4. The smallest absolute Gasteiger partial charge is 0.273 e. The summed E-state index contributed by atoms with van der Waals surface area (Å²) in [5.74, 6) is 0.294. The van der Waals surface area contributed by atoms with Gasteiger partial charge in [0, 0.05) is 20.8 Å². The van der Waals surface area contributed by atoms with Crippen molar-refractivity contribution >= 4 is 34.1 Å². The lowest BCUT2D eigenvalue weighted by molar-refractivity contribution is -0.385. The molecular formula is C15H12INO4. The SMILES string of the molecule is Cc1ccc(C(=O)COc2ccc(I)cc2)cc1[N+](=O)[O-]. The van der Waals surface area contributed by atoms with Crippen molar-refractivity contribution in [1.82, 2.24) is 0 Å². The average Bonchev–Trinajstić information content (AvgIpc) is 2.46. The molecule has 108 valence electrons. The Labute approximate surface area is 135 Å². The summed E-state index contributed by atoms with van der Waals surface area (Å²) in [4.78, 5) is 22.4. The van der Waals surface area contributed by atoms with E-state index >= 15 is 0 Å². The van der Waals surface area contributed by atoms with E-state index in [2.05, 4.69) is 22.6 Å². The summed E-state index contributed by atoms with van der Waals surface area (Å²) in [6.07, 6.45) is 0. The fraction of sp³-hybridized carbons (Fsp3) is 0.133. The van der Waals surface area contributed by atoms with E-state index < -0.39 is 4.92 Å². The van der Waals surface area contributed by atoms with E-state index in [9.17, 15) is 14.9 Å². The number of hydrogen-bond acceptors (Lipinski definition) is 4. The number of halogens is 1. The number of ketones is 1. The van der Waals surface area contributed by atoms with Gasteiger partial charge in [-0.1, -0.05) is 12.1 Å². The predicted octanol–water partition coefficient (Wildman–Crippen LogP) is 3.77. The zero-order valence-electron chi connectivity index (χ0n) is 11.2. The van der Waals surface area contributed by atoms with Crippen molar-refractivity contribution in [2.75, 3.05) is 6.61 Å². The molecule has 6 heteroatoms. The molecule has 0 aliphatic carbocycles. The average molecular weight is 397 g/mol. The maximum absolute atomic E-state index is 12.0. The highest BCUT2D eigenvalue weighted by atomic mass is 127. The van der Waals surface area contributed by atoms with Crippen molar-refractivity contribution < 1.29 is 14.5 Å². The Kier molecular flexibility index (Phi) is 4.89. The van der Waals surface area contributed by atoms with Gasteiger partial charge in [0.2, 0.25) is 0 Å². The molecular weight excluding hydrogens is 385 g/mol. The number of nitro groups is 1. The Morgan fingerprint density at radius 3 is 2.52 bits per heavy atom. The topological polar surface area (TPSA) is 69.4 Å². The summed E-state index contributed by atoms with van der Waals surface area (Å²) in [5, 5.41) is 10.9. The molecule has 0 unspecified atom stereocenters. The number of carbonyl (C=O) groups is 1. The molecule has 0 fully saturated rings. The van der Waals surface area contributed by atoms with Crippen LogP contribution in [0.25, 0.3) is 0 Å². The minimum Gasteiger partial charge on any atom is -0.485 e.